The number of nitrogens with zero attached hydrogens (tertiary/aromatic N) is 1. The molecule has 28 heavy (non-hydrogen) atoms. The Bertz CT molecular complexity index is 1080. The van der Waals surface area contributed by atoms with Crippen LogP contribution in [-0.4, -0.2) is 21.8 Å². The van der Waals surface area contributed by atoms with Gasteiger partial charge in [-0.2, -0.15) is 4.98 Å². The number of amides is 2. The van der Waals surface area contributed by atoms with Gasteiger partial charge < -0.3 is 16.0 Å². The number of aromatic nitrogens is 2. The van der Waals surface area contributed by atoms with Gasteiger partial charge >= 0.3 is 0 Å². The molecule has 0 radical (unpaired) electrons. The lowest BCUT2D eigenvalue weighted by atomic mass is 9.92. The SMILES string of the molecule is O=C1C[C@H](C(=O)Nc2ccccc2)c2c(nc(Nc3ccccc3)[nH]c2=O)N1. The average molecular weight is 375 g/mol. The Morgan fingerprint density at radius 2 is 1.61 bits per heavy atom. The molecule has 140 valence electrons. The maximum Gasteiger partial charge on any atom is 0.258 e. The zero-order chi connectivity index (χ0) is 19.5. The number of rotatable bonds is 4. The molecule has 2 aromatic carbocycles. The van der Waals surface area contributed by atoms with Gasteiger partial charge in [-0.3, -0.25) is 19.4 Å². The molecule has 8 heteroatoms. The fourth-order valence-electron chi connectivity index (χ4n) is 3.06. The molecule has 0 fully saturated rings. The Balaban J connectivity index is 1.65. The summed E-state index contributed by atoms with van der Waals surface area (Å²) in [7, 11) is 0. The van der Waals surface area contributed by atoms with Gasteiger partial charge in [-0.15, -0.1) is 0 Å². The van der Waals surface area contributed by atoms with Crippen LogP contribution in [0.4, 0.5) is 23.1 Å². The minimum absolute atomic E-state index is 0.0895. The lowest BCUT2D eigenvalue weighted by Crippen LogP contribution is -2.36. The van der Waals surface area contributed by atoms with E-state index in [9.17, 15) is 14.4 Å². The van der Waals surface area contributed by atoms with Gasteiger partial charge in [-0.1, -0.05) is 36.4 Å². The van der Waals surface area contributed by atoms with Gasteiger partial charge in [0, 0.05) is 17.8 Å². The molecule has 8 nitrogen and oxygen atoms in total. The summed E-state index contributed by atoms with van der Waals surface area (Å²) in [6, 6.07) is 18.0. The molecule has 1 aliphatic rings. The van der Waals surface area contributed by atoms with E-state index in [4.69, 9.17) is 0 Å². The molecule has 2 amide bonds. The van der Waals surface area contributed by atoms with Crippen molar-refractivity contribution in [3.05, 3.63) is 76.6 Å². The molecular formula is C20H17N5O3. The summed E-state index contributed by atoms with van der Waals surface area (Å²) in [5.74, 6) is -1.46. The van der Waals surface area contributed by atoms with E-state index >= 15 is 0 Å². The Morgan fingerprint density at radius 1 is 0.964 bits per heavy atom. The van der Waals surface area contributed by atoms with Crippen molar-refractivity contribution in [1.82, 2.24) is 9.97 Å². The van der Waals surface area contributed by atoms with Crippen molar-refractivity contribution in [2.75, 3.05) is 16.0 Å². The molecule has 4 rings (SSSR count). The lowest BCUT2D eigenvalue weighted by molar-refractivity contribution is -0.123. The maximum absolute atomic E-state index is 12.7. The smallest absolute Gasteiger partial charge is 0.258 e. The molecular weight excluding hydrogens is 358 g/mol. The fourth-order valence-corrected chi connectivity index (χ4v) is 3.06. The van der Waals surface area contributed by atoms with Crippen LogP contribution in [0.3, 0.4) is 0 Å². The van der Waals surface area contributed by atoms with E-state index in [2.05, 4.69) is 25.9 Å². The van der Waals surface area contributed by atoms with Crippen LogP contribution >= 0.6 is 0 Å². The van der Waals surface area contributed by atoms with Gasteiger partial charge in [0.15, 0.2) is 0 Å². The average Bonchev–Trinajstić information content (AvgIpc) is 2.68. The van der Waals surface area contributed by atoms with E-state index < -0.39 is 17.4 Å². The second-order valence-corrected chi connectivity index (χ2v) is 6.33. The highest BCUT2D eigenvalue weighted by Gasteiger charge is 2.34. The quantitative estimate of drug-likeness (QED) is 0.559. The summed E-state index contributed by atoms with van der Waals surface area (Å²) < 4.78 is 0. The predicted molar refractivity (Wildman–Crippen MR) is 106 cm³/mol. The summed E-state index contributed by atoms with van der Waals surface area (Å²) in [6.45, 7) is 0. The number of carbonyl (C=O) groups is 2. The highest BCUT2D eigenvalue weighted by atomic mass is 16.2. The molecule has 0 saturated heterocycles. The first kappa shape index (κ1) is 17.5. The Labute approximate surface area is 160 Å². The van der Waals surface area contributed by atoms with Crippen molar-refractivity contribution < 1.29 is 9.59 Å². The molecule has 0 aliphatic carbocycles. The third-order valence-corrected chi connectivity index (χ3v) is 4.35. The van der Waals surface area contributed by atoms with Crippen molar-refractivity contribution in [3.8, 4) is 0 Å². The van der Waals surface area contributed by atoms with Gasteiger partial charge in [-0.05, 0) is 24.3 Å². The zero-order valence-corrected chi connectivity index (χ0v) is 14.7. The highest BCUT2D eigenvalue weighted by Crippen LogP contribution is 2.30. The van der Waals surface area contributed by atoms with Crippen LogP contribution in [0.1, 0.15) is 17.9 Å². The topological polar surface area (TPSA) is 116 Å². The largest absolute Gasteiger partial charge is 0.326 e. The Kier molecular flexibility index (Phi) is 4.59. The maximum atomic E-state index is 12.7. The minimum atomic E-state index is -0.925. The van der Waals surface area contributed by atoms with E-state index in [-0.39, 0.29) is 29.7 Å². The first-order valence-electron chi connectivity index (χ1n) is 8.72. The third-order valence-electron chi connectivity index (χ3n) is 4.35. The Hall–Kier alpha value is -3.94. The van der Waals surface area contributed by atoms with Crippen molar-refractivity contribution in [1.29, 1.82) is 0 Å². The molecule has 1 atom stereocenters. The summed E-state index contributed by atoms with van der Waals surface area (Å²) >= 11 is 0. The van der Waals surface area contributed by atoms with Crippen LogP contribution in [0.5, 0.6) is 0 Å². The van der Waals surface area contributed by atoms with E-state index in [1.54, 1.807) is 24.3 Å². The van der Waals surface area contributed by atoms with Gasteiger partial charge in [0.1, 0.15) is 5.82 Å². The first-order valence-corrected chi connectivity index (χ1v) is 8.72. The molecule has 1 aromatic heterocycles. The minimum Gasteiger partial charge on any atom is -0.326 e. The van der Waals surface area contributed by atoms with Crippen LogP contribution < -0.4 is 21.5 Å². The number of para-hydroxylation sites is 2. The lowest BCUT2D eigenvalue weighted by Gasteiger charge is -2.23. The Morgan fingerprint density at radius 3 is 2.29 bits per heavy atom. The summed E-state index contributed by atoms with van der Waals surface area (Å²) in [6.07, 6.45) is -0.123. The van der Waals surface area contributed by atoms with E-state index in [0.29, 0.717) is 5.69 Å². The molecule has 1 aliphatic heterocycles. The molecule has 0 unspecified atom stereocenters. The standard InChI is InChI=1S/C20H17N5O3/c26-15-11-14(18(27)21-12-7-3-1-4-8-12)16-17(23-15)24-20(25-19(16)28)22-13-9-5-2-6-10-13/h1-10,14H,11H2,(H,21,27)(H3,22,23,24,25,26,28)/t14-/m0/s1. The molecule has 4 N–H and O–H groups in total. The van der Waals surface area contributed by atoms with Crippen molar-refractivity contribution >= 4 is 35.0 Å². The molecule has 0 bridgehead atoms. The normalized spacial score (nSPS) is 15.3. The van der Waals surface area contributed by atoms with Gasteiger partial charge in [0.2, 0.25) is 17.8 Å². The number of aromatic amines is 1. The summed E-state index contributed by atoms with van der Waals surface area (Å²) in [4.78, 5) is 44.4. The van der Waals surface area contributed by atoms with Gasteiger partial charge in [-0.25, -0.2) is 0 Å². The number of fused-ring (bicyclic) bond motifs is 1. The fraction of sp³-hybridized carbons (Fsp3) is 0.100. The van der Waals surface area contributed by atoms with Crippen molar-refractivity contribution in [3.63, 3.8) is 0 Å². The molecule has 0 spiro atoms. The number of carbonyl (C=O) groups excluding carboxylic acids is 2. The van der Waals surface area contributed by atoms with E-state index in [1.165, 1.54) is 0 Å². The van der Waals surface area contributed by atoms with Crippen LogP contribution in [-0.2, 0) is 9.59 Å². The summed E-state index contributed by atoms with van der Waals surface area (Å²) in [5, 5.41) is 8.30. The number of nitrogens with one attached hydrogen (secondary N) is 4. The molecule has 3 aromatic rings. The second kappa shape index (κ2) is 7.36. The predicted octanol–water partition coefficient (Wildman–Crippen LogP) is 2.58. The van der Waals surface area contributed by atoms with Gasteiger partial charge in [0.25, 0.3) is 5.56 Å². The molecule has 2 heterocycles. The molecule has 0 saturated carbocycles. The van der Waals surface area contributed by atoms with Crippen LogP contribution in [0.15, 0.2) is 65.5 Å². The van der Waals surface area contributed by atoms with Crippen molar-refractivity contribution in [2.24, 2.45) is 0 Å². The number of anilines is 4. The third kappa shape index (κ3) is 3.61. The van der Waals surface area contributed by atoms with Crippen LogP contribution in [0, 0.1) is 0 Å². The monoisotopic (exact) mass is 375 g/mol. The first-order chi connectivity index (χ1) is 13.6. The number of H-pyrrole nitrogens is 1. The number of hydrogen-bond acceptors (Lipinski definition) is 5. The van der Waals surface area contributed by atoms with Gasteiger partial charge in [0.05, 0.1) is 11.5 Å². The number of benzene rings is 2. The second-order valence-electron chi connectivity index (χ2n) is 6.33. The van der Waals surface area contributed by atoms with Crippen LogP contribution in [0.2, 0.25) is 0 Å². The zero-order valence-electron chi connectivity index (χ0n) is 14.7. The van der Waals surface area contributed by atoms with Crippen molar-refractivity contribution in [2.45, 2.75) is 12.3 Å². The van der Waals surface area contributed by atoms with Crippen LogP contribution in [0.25, 0.3) is 0 Å². The number of hydrogen-bond donors (Lipinski definition) is 4. The van der Waals surface area contributed by atoms with E-state index in [0.717, 1.165) is 5.69 Å². The summed E-state index contributed by atoms with van der Waals surface area (Å²) in [5.41, 5.74) is 0.987. The highest BCUT2D eigenvalue weighted by molar-refractivity contribution is 6.04. The van der Waals surface area contributed by atoms with E-state index in [1.807, 2.05) is 36.4 Å².